The topological polar surface area (TPSA) is 3.01 Å². The zero-order valence-corrected chi connectivity index (χ0v) is 22.5. The maximum Gasteiger partial charge on any atom is 0.159 e. The van der Waals surface area contributed by atoms with Crippen molar-refractivity contribution in [3.63, 3.8) is 0 Å². The lowest BCUT2D eigenvalue weighted by atomic mass is 9.81. The standard InChI is InChI=1S/C34H35NS/c1-22(2)28-18-27(25-13-9-6-10-14-25)20-33-34(28)30-21-29(23(3)17-32(30)36-33)31-19-26(15-16-35(31)4)24-11-7-5-8-12-24/h6,9-10,13-22,24H,4-5,7-8,11-12H2,1-3H3. The third-order valence-corrected chi connectivity index (χ3v) is 9.19. The van der Waals surface area contributed by atoms with E-state index in [1.807, 2.05) is 11.3 Å². The zero-order valence-electron chi connectivity index (χ0n) is 21.7. The first-order valence-electron chi connectivity index (χ1n) is 13.4. The maximum absolute atomic E-state index is 4.36. The lowest BCUT2D eigenvalue weighted by molar-refractivity contribution is -0.418. The van der Waals surface area contributed by atoms with Gasteiger partial charge in [-0.2, -0.15) is 0 Å². The molecular weight excluding hydrogens is 454 g/mol. The number of rotatable bonds is 4. The molecule has 2 heterocycles. The van der Waals surface area contributed by atoms with E-state index in [0.717, 1.165) is 0 Å². The van der Waals surface area contributed by atoms with E-state index in [1.54, 1.807) is 0 Å². The van der Waals surface area contributed by atoms with Crippen LogP contribution in [-0.2, 0) is 0 Å². The Hall–Kier alpha value is -3.10. The van der Waals surface area contributed by atoms with Gasteiger partial charge in [0.15, 0.2) is 4.70 Å². The average molecular weight is 490 g/mol. The highest BCUT2D eigenvalue weighted by molar-refractivity contribution is 7.25. The van der Waals surface area contributed by atoms with Gasteiger partial charge >= 0.3 is 0 Å². The minimum atomic E-state index is 0.450. The Bertz CT molecular complexity index is 1510. The molecule has 1 aliphatic heterocycles. The number of hydrogen-bond donors (Lipinski definition) is 0. The molecule has 0 unspecified atom stereocenters. The van der Waals surface area contributed by atoms with Gasteiger partial charge in [-0.25, -0.2) is 0 Å². The molecular formula is C34H35NS. The Morgan fingerprint density at radius 3 is 2.53 bits per heavy atom. The van der Waals surface area contributed by atoms with Crippen molar-refractivity contribution in [1.82, 2.24) is 0 Å². The van der Waals surface area contributed by atoms with Crippen LogP contribution in [0.1, 0.15) is 68.6 Å². The predicted octanol–water partition coefficient (Wildman–Crippen LogP) is 9.78. The van der Waals surface area contributed by atoms with E-state index in [4.69, 9.17) is 0 Å². The molecule has 1 nitrogen and oxygen atoms in total. The lowest BCUT2D eigenvalue weighted by Crippen LogP contribution is -2.19. The summed E-state index contributed by atoms with van der Waals surface area (Å²) in [6.45, 7) is 11.3. The Kier molecular flexibility index (Phi) is 6.09. The van der Waals surface area contributed by atoms with E-state index < -0.39 is 0 Å². The van der Waals surface area contributed by atoms with Crippen molar-refractivity contribution in [2.75, 3.05) is 0 Å². The quantitative estimate of drug-likeness (QED) is 0.152. The van der Waals surface area contributed by atoms with E-state index in [2.05, 4.69) is 105 Å². The molecule has 0 N–H and O–H groups in total. The summed E-state index contributed by atoms with van der Waals surface area (Å²) in [6, 6.07) is 21.7. The van der Waals surface area contributed by atoms with Crippen molar-refractivity contribution >= 4 is 38.2 Å². The maximum atomic E-state index is 4.36. The summed E-state index contributed by atoms with van der Waals surface area (Å²) < 4.78 is 4.81. The highest BCUT2D eigenvalue weighted by Crippen LogP contribution is 2.44. The second kappa shape index (κ2) is 9.41. The smallest absolute Gasteiger partial charge is 0.159 e. The number of thiophene rings is 1. The summed E-state index contributed by atoms with van der Waals surface area (Å²) in [5, 5.41) is 2.80. The SMILES string of the molecule is C=[N+]1C=CC(C2CCCCC2)=C[C-]1c1cc2c(cc1C)[s+][c-]1cc(-c3ccccc3)cc(C(C)C)c21. The number of fused-ring (bicyclic) bond motifs is 3. The highest BCUT2D eigenvalue weighted by atomic mass is 32.1. The molecule has 0 spiro atoms. The van der Waals surface area contributed by atoms with E-state index in [0.29, 0.717) is 11.8 Å². The Labute approximate surface area is 219 Å². The van der Waals surface area contributed by atoms with E-state index in [-0.39, 0.29) is 0 Å². The summed E-state index contributed by atoms with van der Waals surface area (Å²) in [6.07, 6.45) is 13.6. The fourth-order valence-corrected chi connectivity index (χ4v) is 7.34. The van der Waals surface area contributed by atoms with Gasteiger partial charge in [0.25, 0.3) is 0 Å². The molecule has 4 aromatic rings. The molecule has 1 aliphatic carbocycles. The minimum Gasteiger partial charge on any atom is -0.255 e. The molecule has 6 rings (SSSR count). The van der Waals surface area contributed by atoms with Gasteiger partial charge in [-0.1, -0.05) is 134 Å². The van der Waals surface area contributed by atoms with Crippen LogP contribution < -0.4 is 0 Å². The van der Waals surface area contributed by atoms with Crippen LogP contribution in [0.3, 0.4) is 0 Å². The number of benzene rings is 3. The highest BCUT2D eigenvalue weighted by Gasteiger charge is 2.24. The van der Waals surface area contributed by atoms with Crippen molar-refractivity contribution in [2.45, 2.75) is 58.8 Å². The number of allylic oxidation sites excluding steroid dienone is 2. The van der Waals surface area contributed by atoms with Crippen molar-refractivity contribution in [1.29, 1.82) is 0 Å². The first kappa shape index (κ1) is 23.3. The van der Waals surface area contributed by atoms with Gasteiger partial charge in [0.05, 0.1) is 6.72 Å². The molecule has 3 aromatic carbocycles. The molecule has 1 saturated carbocycles. The Balaban J connectivity index is 1.50. The molecule has 2 aliphatic rings. The number of nitrogens with zero attached hydrogens (tertiary/aromatic N) is 1. The zero-order chi connectivity index (χ0) is 24.8. The van der Waals surface area contributed by atoms with E-state index >= 15 is 0 Å². The molecule has 0 atom stereocenters. The van der Waals surface area contributed by atoms with E-state index in [1.165, 1.54) is 91.7 Å². The summed E-state index contributed by atoms with van der Waals surface area (Å²) >= 11 is 1.93. The van der Waals surface area contributed by atoms with Crippen LogP contribution in [0.2, 0.25) is 0 Å². The third-order valence-electron chi connectivity index (χ3n) is 8.09. The minimum absolute atomic E-state index is 0.450. The molecule has 0 saturated heterocycles. The van der Waals surface area contributed by atoms with Crippen LogP contribution in [0, 0.1) is 18.9 Å². The third kappa shape index (κ3) is 4.12. The van der Waals surface area contributed by atoms with Crippen LogP contribution in [0.25, 0.3) is 31.3 Å². The lowest BCUT2D eigenvalue weighted by Gasteiger charge is -2.28. The molecule has 2 heteroatoms. The van der Waals surface area contributed by atoms with Gasteiger partial charge in [-0.05, 0) is 23.5 Å². The Morgan fingerprint density at radius 2 is 1.78 bits per heavy atom. The summed E-state index contributed by atoms with van der Waals surface area (Å²) in [4.78, 5) is 0. The molecule has 36 heavy (non-hydrogen) atoms. The van der Waals surface area contributed by atoms with Gasteiger partial charge in [0, 0.05) is 0 Å². The molecule has 0 radical (unpaired) electrons. The van der Waals surface area contributed by atoms with Crippen LogP contribution in [0.4, 0.5) is 0 Å². The molecule has 182 valence electrons. The largest absolute Gasteiger partial charge is 0.255 e. The van der Waals surface area contributed by atoms with Gasteiger partial charge in [0.2, 0.25) is 0 Å². The van der Waals surface area contributed by atoms with Crippen molar-refractivity contribution in [3.05, 3.63) is 101 Å². The Morgan fingerprint density at radius 1 is 1.00 bits per heavy atom. The van der Waals surface area contributed by atoms with Crippen molar-refractivity contribution in [3.8, 4) is 11.1 Å². The van der Waals surface area contributed by atoms with Gasteiger partial charge in [-0.15, -0.1) is 17.7 Å². The van der Waals surface area contributed by atoms with Gasteiger partial charge in [0.1, 0.15) is 28.3 Å². The molecule has 0 amide bonds. The van der Waals surface area contributed by atoms with Gasteiger partial charge in [-0.3, -0.25) is 4.58 Å². The molecule has 1 fully saturated rings. The summed E-state index contributed by atoms with van der Waals surface area (Å²) in [5.74, 6) is 1.14. The normalized spacial score (nSPS) is 16.9. The van der Waals surface area contributed by atoms with E-state index in [9.17, 15) is 0 Å². The number of aryl methyl sites for hydroxylation is 1. The first-order chi connectivity index (χ1) is 17.5. The van der Waals surface area contributed by atoms with Crippen LogP contribution in [0.5, 0.6) is 0 Å². The summed E-state index contributed by atoms with van der Waals surface area (Å²) in [7, 11) is 0. The summed E-state index contributed by atoms with van der Waals surface area (Å²) in [5.41, 5.74) is 8.14. The number of hydrogen-bond acceptors (Lipinski definition) is 0. The fourth-order valence-electron chi connectivity index (χ4n) is 6.08. The average Bonchev–Trinajstić information content (AvgIpc) is 3.26. The van der Waals surface area contributed by atoms with Crippen LogP contribution >= 0.6 is 11.3 Å². The monoisotopic (exact) mass is 489 g/mol. The molecule has 0 bridgehead atoms. The predicted molar refractivity (Wildman–Crippen MR) is 157 cm³/mol. The molecule has 1 aromatic heterocycles. The second-order valence-corrected chi connectivity index (χ2v) is 12.0. The van der Waals surface area contributed by atoms with Gasteiger partial charge < -0.3 is 0 Å². The fraction of sp³-hybridized carbons (Fsp3) is 0.294. The first-order valence-corrected chi connectivity index (χ1v) is 14.2. The second-order valence-electron chi connectivity index (χ2n) is 10.9. The van der Waals surface area contributed by atoms with Crippen molar-refractivity contribution in [2.24, 2.45) is 5.92 Å². The van der Waals surface area contributed by atoms with Crippen LogP contribution in [0.15, 0.2) is 78.5 Å². The van der Waals surface area contributed by atoms with Crippen LogP contribution in [-0.4, -0.2) is 11.3 Å². The van der Waals surface area contributed by atoms with Crippen molar-refractivity contribution < 1.29 is 4.58 Å².